The van der Waals surface area contributed by atoms with Crippen molar-refractivity contribution >= 4 is 0 Å². The Bertz CT molecular complexity index is 910. The highest BCUT2D eigenvalue weighted by molar-refractivity contribution is 5.49. The smallest absolute Gasteiger partial charge is 0.143 e. The number of unbranched alkanes of at least 4 members (excludes halogenated alkanes) is 1. The van der Waals surface area contributed by atoms with Crippen LogP contribution in [0.2, 0.25) is 0 Å². The quantitative estimate of drug-likeness (QED) is 0.256. The lowest BCUT2D eigenvalue weighted by molar-refractivity contribution is 0.00856. The summed E-state index contributed by atoms with van der Waals surface area (Å²) < 4.78 is 23.3. The standard InChI is InChI=1S/C29H37NO4/c1-30-22-28(33-4)12-8-9-21-34-29(23-10-6-5-7-11-23,24-13-17-26(31-2)18-14-24)25-15-19-27(32-3)20-16-25/h5-7,10-11,13-20,28,30H,8-9,12,21-22H2,1-4H3. The molecule has 5 heteroatoms. The summed E-state index contributed by atoms with van der Waals surface area (Å²) in [5.74, 6) is 1.63. The van der Waals surface area contributed by atoms with Crippen molar-refractivity contribution in [3.05, 3.63) is 95.6 Å². The minimum atomic E-state index is -0.758. The van der Waals surface area contributed by atoms with Gasteiger partial charge in [-0.25, -0.2) is 0 Å². The predicted octanol–water partition coefficient (Wildman–Crippen LogP) is 5.42. The van der Waals surface area contributed by atoms with Crippen molar-refractivity contribution in [3.8, 4) is 11.5 Å². The SMILES string of the molecule is CNCC(CCCCOC(c1ccccc1)(c1ccc(OC)cc1)c1ccc(OC)cc1)OC. The third-order valence-corrected chi connectivity index (χ3v) is 6.18. The van der Waals surface area contributed by atoms with Crippen LogP contribution in [0.1, 0.15) is 36.0 Å². The first kappa shape index (κ1) is 25.8. The van der Waals surface area contributed by atoms with Crippen LogP contribution in [0.25, 0.3) is 0 Å². The molecular formula is C29H37NO4. The van der Waals surface area contributed by atoms with Crippen molar-refractivity contribution in [2.45, 2.75) is 31.0 Å². The highest BCUT2D eigenvalue weighted by atomic mass is 16.5. The zero-order chi connectivity index (χ0) is 24.2. The summed E-state index contributed by atoms with van der Waals surface area (Å²) in [6, 6.07) is 26.7. The van der Waals surface area contributed by atoms with Crippen LogP contribution >= 0.6 is 0 Å². The van der Waals surface area contributed by atoms with E-state index in [4.69, 9.17) is 18.9 Å². The fourth-order valence-electron chi connectivity index (χ4n) is 4.30. The Balaban J connectivity index is 1.95. The molecule has 0 spiro atoms. The van der Waals surface area contributed by atoms with E-state index in [9.17, 15) is 0 Å². The van der Waals surface area contributed by atoms with E-state index in [1.165, 1.54) is 0 Å². The van der Waals surface area contributed by atoms with E-state index in [1.54, 1.807) is 21.3 Å². The first-order chi connectivity index (χ1) is 16.7. The molecule has 0 aromatic heterocycles. The third kappa shape index (κ3) is 6.17. The number of nitrogens with one attached hydrogen (secondary N) is 1. The number of benzene rings is 3. The van der Waals surface area contributed by atoms with Gasteiger partial charge in [0.15, 0.2) is 0 Å². The summed E-state index contributed by atoms with van der Waals surface area (Å²) in [7, 11) is 7.08. The summed E-state index contributed by atoms with van der Waals surface area (Å²) >= 11 is 0. The maximum Gasteiger partial charge on any atom is 0.143 e. The van der Waals surface area contributed by atoms with Gasteiger partial charge in [-0.3, -0.25) is 0 Å². The summed E-state index contributed by atoms with van der Waals surface area (Å²) in [5.41, 5.74) is 2.42. The predicted molar refractivity (Wildman–Crippen MR) is 137 cm³/mol. The summed E-state index contributed by atoms with van der Waals surface area (Å²) in [4.78, 5) is 0. The maximum absolute atomic E-state index is 6.87. The second-order valence-electron chi connectivity index (χ2n) is 8.26. The van der Waals surface area contributed by atoms with E-state index < -0.39 is 5.60 Å². The van der Waals surface area contributed by atoms with E-state index in [2.05, 4.69) is 53.8 Å². The molecule has 0 aliphatic rings. The van der Waals surface area contributed by atoms with E-state index >= 15 is 0 Å². The molecule has 0 aliphatic heterocycles. The van der Waals surface area contributed by atoms with Crippen molar-refractivity contribution in [1.82, 2.24) is 5.32 Å². The van der Waals surface area contributed by atoms with Gasteiger partial charge in [0.05, 0.1) is 20.3 Å². The van der Waals surface area contributed by atoms with Gasteiger partial charge < -0.3 is 24.3 Å². The van der Waals surface area contributed by atoms with Gasteiger partial charge in [0.1, 0.15) is 17.1 Å². The molecule has 3 rings (SSSR count). The molecule has 1 atom stereocenters. The van der Waals surface area contributed by atoms with Crippen LogP contribution in [0.4, 0.5) is 0 Å². The lowest BCUT2D eigenvalue weighted by Gasteiger charge is -2.36. The highest BCUT2D eigenvalue weighted by Gasteiger charge is 2.37. The fourth-order valence-corrected chi connectivity index (χ4v) is 4.30. The number of ether oxygens (including phenoxy) is 4. The number of rotatable bonds is 14. The summed E-state index contributed by atoms with van der Waals surface area (Å²) in [6.07, 6.45) is 3.16. The molecule has 0 aliphatic carbocycles. The molecule has 5 nitrogen and oxygen atoms in total. The van der Waals surface area contributed by atoms with Crippen LogP contribution in [0, 0.1) is 0 Å². The van der Waals surface area contributed by atoms with Gasteiger partial charge >= 0.3 is 0 Å². The van der Waals surface area contributed by atoms with Crippen LogP contribution in [-0.4, -0.2) is 47.6 Å². The molecule has 34 heavy (non-hydrogen) atoms. The number of hydrogen-bond acceptors (Lipinski definition) is 5. The van der Waals surface area contributed by atoms with E-state index in [1.807, 2.05) is 37.4 Å². The lowest BCUT2D eigenvalue weighted by atomic mass is 9.80. The van der Waals surface area contributed by atoms with Gasteiger partial charge in [0.2, 0.25) is 0 Å². The van der Waals surface area contributed by atoms with Crippen LogP contribution < -0.4 is 14.8 Å². The topological polar surface area (TPSA) is 49.0 Å². The van der Waals surface area contributed by atoms with Gasteiger partial charge in [0.25, 0.3) is 0 Å². The van der Waals surface area contributed by atoms with Gasteiger partial charge in [-0.15, -0.1) is 0 Å². The van der Waals surface area contributed by atoms with E-state index in [-0.39, 0.29) is 6.10 Å². The average Bonchev–Trinajstić information content (AvgIpc) is 2.91. The van der Waals surface area contributed by atoms with Crippen molar-refractivity contribution in [2.75, 3.05) is 41.5 Å². The highest BCUT2D eigenvalue weighted by Crippen LogP contribution is 2.41. The van der Waals surface area contributed by atoms with Crippen molar-refractivity contribution in [1.29, 1.82) is 0 Å². The molecule has 0 saturated heterocycles. The Morgan fingerprint density at radius 1 is 0.706 bits per heavy atom. The minimum absolute atomic E-state index is 0.215. The number of methoxy groups -OCH3 is 3. The first-order valence-electron chi connectivity index (χ1n) is 11.8. The van der Waals surface area contributed by atoms with Gasteiger partial charge in [-0.1, -0.05) is 54.6 Å². The molecular weight excluding hydrogens is 426 g/mol. The first-order valence-corrected chi connectivity index (χ1v) is 11.8. The Labute approximate surface area is 204 Å². The Hall–Kier alpha value is -2.86. The number of likely N-dealkylation sites (N-methyl/N-ethyl adjacent to an activating group) is 1. The normalized spacial score (nSPS) is 12.4. The largest absolute Gasteiger partial charge is 0.497 e. The monoisotopic (exact) mass is 463 g/mol. The van der Waals surface area contributed by atoms with Crippen molar-refractivity contribution in [2.24, 2.45) is 0 Å². The Kier molecular flexibility index (Phi) is 9.95. The zero-order valence-electron chi connectivity index (χ0n) is 20.8. The zero-order valence-corrected chi connectivity index (χ0v) is 20.8. The summed E-state index contributed by atoms with van der Waals surface area (Å²) in [6.45, 7) is 1.46. The lowest BCUT2D eigenvalue weighted by Crippen LogP contribution is -2.33. The van der Waals surface area contributed by atoms with Gasteiger partial charge in [0, 0.05) is 20.3 Å². The average molecular weight is 464 g/mol. The number of hydrogen-bond donors (Lipinski definition) is 1. The van der Waals surface area contributed by atoms with Gasteiger partial charge in [-0.05, 0) is 67.3 Å². The molecule has 0 saturated carbocycles. The van der Waals surface area contributed by atoms with Crippen LogP contribution in [0.5, 0.6) is 11.5 Å². The molecule has 0 heterocycles. The van der Waals surface area contributed by atoms with E-state index in [0.29, 0.717) is 6.61 Å². The molecule has 0 radical (unpaired) electrons. The molecule has 3 aromatic carbocycles. The van der Waals surface area contributed by atoms with Crippen molar-refractivity contribution < 1.29 is 18.9 Å². The Morgan fingerprint density at radius 2 is 1.24 bits per heavy atom. The molecule has 1 unspecified atom stereocenters. The molecule has 1 N–H and O–H groups in total. The van der Waals surface area contributed by atoms with E-state index in [0.717, 1.165) is 54.0 Å². The fraction of sp³-hybridized carbons (Fsp3) is 0.379. The minimum Gasteiger partial charge on any atom is -0.497 e. The van der Waals surface area contributed by atoms with Gasteiger partial charge in [-0.2, -0.15) is 0 Å². The molecule has 0 amide bonds. The Morgan fingerprint density at radius 3 is 1.71 bits per heavy atom. The molecule has 0 fully saturated rings. The second-order valence-corrected chi connectivity index (χ2v) is 8.26. The molecule has 0 bridgehead atoms. The third-order valence-electron chi connectivity index (χ3n) is 6.18. The molecule has 3 aromatic rings. The van der Waals surface area contributed by atoms with Crippen LogP contribution in [-0.2, 0) is 15.1 Å². The maximum atomic E-state index is 6.87. The molecule has 182 valence electrons. The van der Waals surface area contributed by atoms with Crippen LogP contribution in [0.15, 0.2) is 78.9 Å². The van der Waals surface area contributed by atoms with Crippen molar-refractivity contribution in [3.63, 3.8) is 0 Å². The van der Waals surface area contributed by atoms with Crippen LogP contribution in [0.3, 0.4) is 0 Å². The summed E-state index contributed by atoms with van der Waals surface area (Å²) in [5, 5.41) is 3.19. The second kappa shape index (κ2) is 13.1.